The van der Waals surface area contributed by atoms with Gasteiger partial charge in [0.05, 0.1) is 22.7 Å². The molecule has 0 saturated heterocycles. The minimum absolute atomic E-state index is 0.235. The Hall–Kier alpha value is -3.04. The van der Waals surface area contributed by atoms with Gasteiger partial charge in [0, 0.05) is 24.3 Å². The van der Waals surface area contributed by atoms with Crippen molar-refractivity contribution in [2.45, 2.75) is 26.3 Å². The number of hydrogen-bond donors (Lipinski definition) is 2. The number of nitrogens with one attached hydrogen (secondary N) is 2. The summed E-state index contributed by atoms with van der Waals surface area (Å²) in [7, 11) is 4.00. The summed E-state index contributed by atoms with van der Waals surface area (Å²) >= 11 is 6.13. The molecule has 8 nitrogen and oxygen atoms in total. The first kappa shape index (κ1) is 22.2. The molecule has 0 aliphatic rings. The molecule has 4 aromatic rings. The van der Waals surface area contributed by atoms with E-state index in [1.165, 1.54) is 12.3 Å². The zero-order valence-electron chi connectivity index (χ0n) is 18.2. The van der Waals surface area contributed by atoms with Crippen molar-refractivity contribution in [1.82, 2.24) is 34.9 Å². The Morgan fingerprint density at radius 2 is 2.16 bits per heavy atom. The summed E-state index contributed by atoms with van der Waals surface area (Å²) in [5.74, 6) is -0.708. The minimum atomic E-state index is -0.474. The fourth-order valence-corrected chi connectivity index (χ4v) is 3.82. The van der Waals surface area contributed by atoms with E-state index >= 15 is 0 Å². The molecule has 0 bridgehead atoms. The Bertz CT molecular complexity index is 1280. The first-order valence-corrected chi connectivity index (χ1v) is 10.9. The quantitative estimate of drug-likeness (QED) is 0.419. The van der Waals surface area contributed by atoms with Gasteiger partial charge < -0.3 is 15.2 Å². The lowest BCUT2D eigenvalue weighted by molar-refractivity contribution is 0.0955. The maximum atomic E-state index is 15.0. The van der Waals surface area contributed by atoms with Crippen LogP contribution in [0.15, 0.2) is 24.5 Å². The van der Waals surface area contributed by atoms with Gasteiger partial charge in [-0.1, -0.05) is 18.5 Å². The smallest absolute Gasteiger partial charge is 0.255 e. The van der Waals surface area contributed by atoms with Crippen molar-refractivity contribution in [2.75, 3.05) is 27.2 Å². The Balaban J connectivity index is 1.81. The number of amides is 1. The predicted octanol–water partition coefficient (Wildman–Crippen LogP) is 3.86. The zero-order chi connectivity index (χ0) is 22.8. The number of nitrogens with zero attached hydrogens (tertiary/aromatic N) is 5. The SMILES string of the molecule is CCCNC(=O)c1c[nH]c2ncc(-c3nn(CCCN(C)C)c4cc(Cl)cc(F)c34)nc12. The molecule has 1 aromatic carbocycles. The van der Waals surface area contributed by atoms with Gasteiger partial charge in [0.2, 0.25) is 0 Å². The van der Waals surface area contributed by atoms with Gasteiger partial charge in [-0.2, -0.15) is 5.10 Å². The molecule has 1 amide bonds. The molecular formula is C22H25ClFN7O. The molecule has 4 rings (SSSR count). The highest BCUT2D eigenvalue weighted by Gasteiger charge is 2.21. The predicted molar refractivity (Wildman–Crippen MR) is 123 cm³/mol. The van der Waals surface area contributed by atoms with Crippen LogP contribution in [0, 0.1) is 5.82 Å². The van der Waals surface area contributed by atoms with Crippen LogP contribution < -0.4 is 5.32 Å². The van der Waals surface area contributed by atoms with Crippen molar-refractivity contribution < 1.29 is 9.18 Å². The number of H-pyrrole nitrogens is 1. The first-order chi connectivity index (χ1) is 15.4. The third-order valence-electron chi connectivity index (χ3n) is 5.15. The standard InChI is InChI=1S/C22H25ClFN7O/c1-4-6-25-22(32)14-11-26-21-19(14)28-16(12-27-21)20-18-15(24)9-13(23)10-17(18)31(29-20)8-5-7-30(2)3/h9-12H,4-8H2,1-3H3,(H,25,32)(H,26,27). The molecule has 168 valence electrons. The number of aromatic nitrogens is 5. The summed E-state index contributed by atoms with van der Waals surface area (Å²) in [6.07, 6.45) is 4.77. The normalized spacial score (nSPS) is 11.7. The summed E-state index contributed by atoms with van der Waals surface area (Å²) < 4.78 is 16.7. The van der Waals surface area contributed by atoms with Crippen LogP contribution in [-0.2, 0) is 6.54 Å². The fraction of sp³-hybridized carbons (Fsp3) is 0.364. The fourth-order valence-electron chi connectivity index (χ4n) is 3.62. The van der Waals surface area contributed by atoms with E-state index in [1.807, 2.05) is 21.0 Å². The van der Waals surface area contributed by atoms with Gasteiger partial charge in [0.15, 0.2) is 5.65 Å². The van der Waals surface area contributed by atoms with E-state index < -0.39 is 5.82 Å². The van der Waals surface area contributed by atoms with E-state index in [9.17, 15) is 9.18 Å². The average molecular weight is 458 g/mol. The van der Waals surface area contributed by atoms with Gasteiger partial charge in [-0.15, -0.1) is 0 Å². The van der Waals surface area contributed by atoms with Crippen molar-refractivity contribution in [1.29, 1.82) is 0 Å². The molecule has 0 fully saturated rings. The third-order valence-corrected chi connectivity index (χ3v) is 5.37. The highest BCUT2D eigenvalue weighted by atomic mass is 35.5. The van der Waals surface area contributed by atoms with Crippen molar-refractivity contribution in [3.63, 3.8) is 0 Å². The summed E-state index contributed by atoms with van der Waals surface area (Å²) in [5.41, 5.74) is 2.64. The summed E-state index contributed by atoms with van der Waals surface area (Å²) in [5, 5.41) is 8.14. The van der Waals surface area contributed by atoms with Crippen LogP contribution in [0.3, 0.4) is 0 Å². The lowest BCUT2D eigenvalue weighted by Gasteiger charge is -2.09. The van der Waals surface area contributed by atoms with Gasteiger partial charge >= 0.3 is 0 Å². The summed E-state index contributed by atoms with van der Waals surface area (Å²) in [4.78, 5) is 26.6. The third kappa shape index (κ3) is 4.31. The maximum Gasteiger partial charge on any atom is 0.255 e. The number of carbonyl (C=O) groups is 1. The molecule has 32 heavy (non-hydrogen) atoms. The van der Waals surface area contributed by atoms with Crippen molar-refractivity contribution in [3.05, 3.63) is 40.9 Å². The number of carbonyl (C=O) groups excluding carboxylic acids is 1. The number of rotatable bonds is 8. The Morgan fingerprint density at radius 3 is 2.91 bits per heavy atom. The zero-order valence-corrected chi connectivity index (χ0v) is 19.0. The Kier molecular flexibility index (Phi) is 6.38. The Labute approximate surface area is 189 Å². The number of aromatic amines is 1. The molecule has 0 aliphatic heterocycles. The van der Waals surface area contributed by atoms with Gasteiger partial charge in [0.1, 0.15) is 22.7 Å². The minimum Gasteiger partial charge on any atom is -0.352 e. The van der Waals surface area contributed by atoms with E-state index in [2.05, 4.69) is 30.3 Å². The molecule has 3 heterocycles. The van der Waals surface area contributed by atoms with Gasteiger partial charge in [-0.05, 0) is 45.6 Å². The second kappa shape index (κ2) is 9.22. The molecule has 10 heteroatoms. The molecule has 0 aliphatic carbocycles. The van der Waals surface area contributed by atoms with Crippen molar-refractivity contribution in [2.24, 2.45) is 0 Å². The molecule has 3 aromatic heterocycles. The van der Waals surface area contributed by atoms with Crippen LogP contribution in [0.1, 0.15) is 30.1 Å². The monoisotopic (exact) mass is 457 g/mol. The number of benzene rings is 1. The second-order valence-corrected chi connectivity index (χ2v) is 8.36. The van der Waals surface area contributed by atoms with Crippen LogP contribution in [-0.4, -0.2) is 62.7 Å². The number of aryl methyl sites for hydroxylation is 1. The molecule has 0 radical (unpaired) electrons. The highest BCUT2D eigenvalue weighted by Crippen LogP contribution is 2.32. The van der Waals surface area contributed by atoms with E-state index in [4.69, 9.17) is 11.6 Å². The van der Waals surface area contributed by atoms with Crippen LogP contribution in [0.2, 0.25) is 5.02 Å². The van der Waals surface area contributed by atoms with E-state index in [0.29, 0.717) is 57.1 Å². The van der Waals surface area contributed by atoms with E-state index in [-0.39, 0.29) is 5.91 Å². The molecule has 0 unspecified atom stereocenters. The molecule has 0 atom stereocenters. The Morgan fingerprint density at radius 1 is 1.34 bits per heavy atom. The van der Waals surface area contributed by atoms with E-state index in [0.717, 1.165) is 19.4 Å². The van der Waals surface area contributed by atoms with Gasteiger partial charge in [-0.3, -0.25) is 9.48 Å². The van der Waals surface area contributed by atoms with Gasteiger partial charge in [0.25, 0.3) is 5.91 Å². The molecule has 0 saturated carbocycles. The van der Waals surface area contributed by atoms with Crippen LogP contribution >= 0.6 is 11.6 Å². The number of fused-ring (bicyclic) bond motifs is 2. The molecular weight excluding hydrogens is 433 g/mol. The van der Waals surface area contributed by atoms with Crippen LogP contribution in [0.5, 0.6) is 0 Å². The molecule has 0 spiro atoms. The van der Waals surface area contributed by atoms with Crippen molar-refractivity contribution in [3.8, 4) is 11.4 Å². The summed E-state index contributed by atoms with van der Waals surface area (Å²) in [6, 6.07) is 2.98. The van der Waals surface area contributed by atoms with Crippen LogP contribution in [0.25, 0.3) is 33.5 Å². The first-order valence-electron chi connectivity index (χ1n) is 10.5. The lowest BCUT2D eigenvalue weighted by atomic mass is 10.1. The highest BCUT2D eigenvalue weighted by molar-refractivity contribution is 6.31. The summed E-state index contributed by atoms with van der Waals surface area (Å²) in [6.45, 7) is 4.00. The average Bonchev–Trinajstić information content (AvgIpc) is 3.33. The second-order valence-electron chi connectivity index (χ2n) is 7.92. The lowest BCUT2D eigenvalue weighted by Crippen LogP contribution is -2.23. The maximum absolute atomic E-state index is 15.0. The van der Waals surface area contributed by atoms with Gasteiger partial charge in [-0.25, -0.2) is 14.4 Å². The van der Waals surface area contributed by atoms with Crippen molar-refractivity contribution >= 4 is 39.6 Å². The number of hydrogen-bond acceptors (Lipinski definition) is 5. The topological polar surface area (TPSA) is 91.7 Å². The van der Waals surface area contributed by atoms with E-state index in [1.54, 1.807) is 16.9 Å². The molecule has 2 N–H and O–H groups in total. The van der Waals surface area contributed by atoms with Crippen LogP contribution in [0.4, 0.5) is 4.39 Å². The largest absolute Gasteiger partial charge is 0.352 e. The number of halogens is 2.